The van der Waals surface area contributed by atoms with E-state index in [4.69, 9.17) is 16.3 Å². The van der Waals surface area contributed by atoms with Gasteiger partial charge < -0.3 is 9.64 Å². The van der Waals surface area contributed by atoms with E-state index in [-0.39, 0.29) is 18.2 Å². The van der Waals surface area contributed by atoms with E-state index in [9.17, 15) is 10.1 Å². The van der Waals surface area contributed by atoms with Gasteiger partial charge in [-0.2, -0.15) is 5.26 Å². The Labute approximate surface area is 220 Å². The highest BCUT2D eigenvalue weighted by atomic mass is 35.5. The smallest absolute Gasteiger partial charge is 0.229 e. The molecule has 182 valence electrons. The molecule has 36 heavy (non-hydrogen) atoms. The summed E-state index contributed by atoms with van der Waals surface area (Å²) < 4.78 is 5.90. The minimum Gasteiger partial charge on any atom is -0.489 e. The minimum atomic E-state index is -0.256. The van der Waals surface area contributed by atoms with Gasteiger partial charge in [-0.1, -0.05) is 78.8 Å². The number of allylic oxidation sites excluding steroid dienone is 1. The number of ether oxygens (including phenoxy) is 1. The lowest BCUT2D eigenvalue weighted by atomic mass is 9.86. The van der Waals surface area contributed by atoms with Crippen molar-refractivity contribution in [1.29, 1.82) is 5.26 Å². The number of thioether (sulfide) groups is 1. The number of hydrogen-bond acceptors (Lipinski definition) is 5. The monoisotopic (exact) mass is 515 g/mol. The first-order chi connectivity index (χ1) is 17.6. The first-order valence-corrected chi connectivity index (χ1v) is 13.3. The zero-order valence-corrected chi connectivity index (χ0v) is 21.6. The van der Waals surface area contributed by atoms with Crippen molar-refractivity contribution in [3.05, 3.63) is 105 Å². The fourth-order valence-corrected chi connectivity index (χ4v) is 6.04. The zero-order chi connectivity index (χ0) is 25.1. The summed E-state index contributed by atoms with van der Waals surface area (Å²) in [5, 5.41) is 11.5. The number of amides is 1. The van der Waals surface area contributed by atoms with Crippen LogP contribution in [0.3, 0.4) is 0 Å². The number of nitrogens with zero attached hydrogens (tertiary/aromatic N) is 3. The van der Waals surface area contributed by atoms with E-state index in [1.165, 1.54) is 5.56 Å². The summed E-state index contributed by atoms with van der Waals surface area (Å²) >= 11 is 7.79. The Balaban J connectivity index is 1.34. The lowest BCUT2D eigenvalue weighted by molar-refractivity contribution is -0.129. The minimum absolute atomic E-state index is 0.0409. The van der Waals surface area contributed by atoms with E-state index < -0.39 is 0 Å². The molecule has 0 spiro atoms. The quantitative estimate of drug-likeness (QED) is 0.365. The van der Waals surface area contributed by atoms with Gasteiger partial charge in [0.15, 0.2) is 0 Å². The van der Waals surface area contributed by atoms with Gasteiger partial charge in [0.2, 0.25) is 5.91 Å². The van der Waals surface area contributed by atoms with Crippen LogP contribution < -0.4 is 9.64 Å². The predicted molar refractivity (Wildman–Crippen MR) is 145 cm³/mol. The fraction of sp³-hybridized carbons (Fsp3) is 0.241. The van der Waals surface area contributed by atoms with Crippen LogP contribution in [0, 0.1) is 11.3 Å². The van der Waals surface area contributed by atoms with Gasteiger partial charge >= 0.3 is 0 Å². The molecule has 0 saturated carbocycles. The van der Waals surface area contributed by atoms with Crippen LogP contribution in [0.2, 0.25) is 5.02 Å². The van der Waals surface area contributed by atoms with Gasteiger partial charge in [0.05, 0.1) is 29.2 Å². The van der Waals surface area contributed by atoms with Crippen molar-refractivity contribution in [3.8, 4) is 11.8 Å². The number of carbonyl (C=O) groups is 1. The summed E-state index contributed by atoms with van der Waals surface area (Å²) in [5.74, 6) is 1.20. The number of fused-ring (bicyclic) bond motifs is 1. The number of hydrogen-bond donors (Lipinski definition) is 0. The van der Waals surface area contributed by atoms with Crippen LogP contribution in [-0.2, 0) is 17.8 Å². The second kappa shape index (κ2) is 10.7. The van der Waals surface area contributed by atoms with Crippen molar-refractivity contribution in [2.75, 3.05) is 17.4 Å². The Morgan fingerprint density at radius 1 is 1.06 bits per heavy atom. The summed E-state index contributed by atoms with van der Waals surface area (Å²) in [6.07, 6.45) is 1.20. The van der Waals surface area contributed by atoms with E-state index >= 15 is 0 Å². The largest absolute Gasteiger partial charge is 0.489 e. The maximum absolute atomic E-state index is 13.3. The zero-order valence-electron chi connectivity index (χ0n) is 20.0. The van der Waals surface area contributed by atoms with Crippen molar-refractivity contribution in [2.45, 2.75) is 32.3 Å². The molecule has 5 nitrogen and oxygen atoms in total. The van der Waals surface area contributed by atoms with E-state index in [2.05, 4.69) is 30.0 Å². The van der Waals surface area contributed by atoms with Crippen LogP contribution >= 0.6 is 23.4 Å². The van der Waals surface area contributed by atoms with E-state index in [0.29, 0.717) is 35.5 Å². The molecular weight excluding hydrogens is 490 g/mol. The Hall–Kier alpha value is -3.40. The summed E-state index contributed by atoms with van der Waals surface area (Å²) in [6.45, 7) is 2.97. The number of halogens is 1. The van der Waals surface area contributed by atoms with Gasteiger partial charge in [-0.05, 0) is 41.8 Å². The number of rotatable bonds is 6. The van der Waals surface area contributed by atoms with Crippen molar-refractivity contribution in [3.63, 3.8) is 0 Å². The van der Waals surface area contributed by atoms with Crippen LogP contribution in [0.4, 0.5) is 5.69 Å². The standard InChI is InChI=1S/C29H26ClN3O2S/c1-2-20-7-4-6-10-27(20)32-18-33-28(34)15-24(25(16-31)29(33)36-19-32)21-11-13-23(14-12-21)35-17-22-8-3-5-9-26(22)30/h3-14,24H,2,15,17-19H2,1H3/t24-/m1/s1. The highest BCUT2D eigenvalue weighted by Crippen LogP contribution is 2.43. The van der Waals surface area contributed by atoms with Crippen molar-refractivity contribution in [1.82, 2.24) is 4.90 Å². The maximum Gasteiger partial charge on any atom is 0.229 e. The molecule has 3 aromatic rings. The van der Waals surface area contributed by atoms with E-state index in [1.54, 1.807) is 16.7 Å². The topological polar surface area (TPSA) is 56.6 Å². The molecule has 0 radical (unpaired) electrons. The summed E-state index contributed by atoms with van der Waals surface area (Å²) in [5.41, 5.74) is 4.92. The Morgan fingerprint density at radius 3 is 2.50 bits per heavy atom. The Bertz CT molecular complexity index is 1350. The van der Waals surface area contributed by atoms with Crippen LogP contribution in [0.15, 0.2) is 83.4 Å². The molecular formula is C29H26ClN3O2S. The van der Waals surface area contributed by atoms with Crippen molar-refractivity contribution >= 4 is 35.0 Å². The number of nitriles is 1. The SMILES string of the molecule is CCc1ccccc1N1CSC2=C(C#N)[C@@H](c3ccc(OCc4ccccc4Cl)cc3)CC(=O)N2C1. The van der Waals surface area contributed by atoms with Gasteiger partial charge in [0, 0.05) is 28.6 Å². The first-order valence-electron chi connectivity index (χ1n) is 12.0. The van der Waals surface area contributed by atoms with Gasteiger partial charge in [0.1, 0.15) is 12.4 Å². The first kappa shape index (κ1) is 24.3. The molecule has 1 saturated heterocycles. The molecule has 5 rings (SSSR count). The third-order valence-electron chi connectivity index (χ3n) is 6.64. The fourth-order valence-electron chi connectivity index (χ4n) is 4.69. The summed E-state index contributed by atoms with van der Waals surface area (Å²) in [7, 11) is 0. The van der Waals surface area contributed by atoms with E-state index in [0.717, 1.165) is 28.3 Å². The third kappa shape index (κ3) is 4.82. The highest BCUT2D eigenvalue weighted by molar-refractivity contribution is 8.03. The average molecular weight is 516 g/mol. The highest BCUT2D eigenvalue weighted by Gasteiger charge is 2.38. The molecule has 0 N–H and O–H groups in total. The van der Waals surface area contributed by atoms with Crippen molar-refractivity contribution in [2.24, 2.45) is 0 Å². The van der Waals surface area contributed by atoms with Gasteiger partial charge in [-0.25, -0.2) is 0 Å². The number of benzene rings is 3. The molecule has 0 aliphatic carbocycles. The molecule has 1 fully saturated rings. The summed E-state index contributed by atoms with van der Waals surface area (Å²) in [6, 6.07) is 26.0. The second-order valence-electron chi connectivity index (χ2n) is 8.80. The number of para-hydroxylation sites is 1. The lowest BCUT2D eigenvalue weighted by Gasteiger charge is -2.42. The number of carbonyl (C=O) groups excluding carboxylic acids is 1. The Kier molecular flexibility index (Phi) is 7.22. The van der Waals surface area contributed by atoms with Crippen LogP contribution in [0.25, 0.3) is 0 Å². The normalized spacial score (nSPS) is 17.6. The molecule has 2 aliphatic heterocycles. The molecule has 3 aromatic carbocycles. The molecule has 0 unspecified atom stereocenters. The van der Waals surface area contributed by atoms with Gasteiger partial charge in [-0.3, -0.25) is 9.69 Å². The average Bonchev–Trinajstić information content (AvgIpc) is 2.92. The molecule has 1 amide bonds. The van der Waals surface area contributed by atoms with E-state index in [1.807, 2.05) is 60.7 Å². The maximum atomic E-state index is 13.3. The molecule has 2 aliphatic rings. The summed E-state index contributed by atoms with van der Waals surface area (Å²) in [4.78, 5) is 17.3. The molecule has 0 bridgehead atoms. The number of aryl methyl sites for hydroxylation is 1. The molecule has 0 aromatic heterocycles. The van der Waals surface area contributed by atoms with Gasteiger partial charge in [0.25, 0.3) is 0 Å². The lowest BCUT2D eigenvalue weighted by Crippen LogP contribution is -2.47. The Morgan fingerprint density at radius 2 is 1.78 bits per heavy atom. The molecule has 2 heterocycles. The predicted octanol–water partition coefficient (Wildman–Crippen LogP) is 6.70. The second-order valence-corrected chi connectivity index (χ2v) is 10.1. The number of anilines is 1. The van der Waals surface area contributed by atoms with Crippen LogP contribution in [0.1, 0.15) is 36.0 Å². The van der Waals surface area contributed by atoms with Gasteiger partial charge in [-0.15, -0.1) is 0 Å². The third-order valence-corrected chi connectivity index (χ3v) is 8.16. The van der Waals surface area contributed by atoms with Crippen LogP contribution in [-0.4, -0.2) is 23.4 Å². The molecule has 7 heteroatoms. The van der Waals surface area contributed by atoms with Crippen LogP contribution in [0.5, 0.6) is 5.75 Å². The molecule has 1 atom stereocenters. The van der Waals surface area contributed by atoms with Crippen molar-refractivity contribution < 1.29 is 9.53 Å².